The number of aryl methyl sites for hydroxylation is 1. The molecule has 1 N–H and O–H groups in total. The lowest BCUT2D eigenvalue weighted by Gasteiger charge is -2.17. The number of methoxy groups -OCH3 is 1. The van der Waals surface area contributed by atoms with Gasteiger partial charge in [-0.2, -0.15) is 0 Å². The summed E-state index contributed by atoms with van der Waals surface area (Å²) in [6.45, 7) is 4.86. The van der Waals surface area contributed by atoms with Crippen molar-refractivity contribution in [2.24, 2.45) is 5.41 Å². The Hall–Kier alpha value is -0.570. The number of hydrogen-bond acceptors (Lipinski definition) is 2. The molecule has 100 valence electrons. The van der Waals surface area contributed by atoms with Gasteiger partial charge in [0, 0.05) is 25.2 Å². The Bertz CT molecular complexity index is 401. The maximum atomic E-state index is 6.31. The molecule has 0 atom stereocenters. The minimum atomic E-state index is 0.437. The van der Waals surface area contributed by atoms with Crippen LogP contribution in [-0.4, -0.2) is 26.8 Å². The molecule has 0 radical (unpaired) electrons. The minimum absolute atomic E-state index is 0.437. The van der Waals surface area contributed by atoms with Crippen LogP contribution in [0, 0.1) is 12.3 Å². The van der Waals surface area contributed by atoms with E-state index in [4.69, 9.17) is 16.3 Å². The number of halogens is 1. The van der Waals surface area contributed by atoms with Crippen LogP contribution in [-0.2, 0) is 11.2 Å². The SMILES string of the molecule is COCCNCC1(Cc2ccc(C)cc2Cl)CC1. The molecule has 2 rings (SSSR count). The molecule has 1 aromatic rings. The zero-order valence-electron chi connectivity index (χ0n) is 11.3. The number of benzene rings is 1. The first-order valence-electron chi connectivity index (χ1n) is 6.60. The second kappa shape index (κ2) is 6.05. The van der Waals surface area contributed by atoms with Crippen molar-refractivity contribution in [3.8, 4) is 0 Å². The zero-order valence-corrected chi connectivity index (χ0v) is 12.0. The molecule has 0 amide bonds. The molecule has 0 aliphatic heterocycles. The van der Waals surface area contributed by atoms with Crippen LogP contribution in [0.5, 0.6) is 0 Å². The summed E-state index contributed by atoms with van der Waals surface area (Å²) in [4.78, 5) is 0. The summed E-state index contributed by atoms with van der Waals surface area (Å²) >= 11 is 6.31. The van der Waals surface area contributed by atoms with Crippen molar-refractivity contribution < 1.29 is 4.74 Å². The predicted octanol–water partition coefficient (Wildman–Crippen LogP) is 3.21. The molecular formula is C15H22ClNO. The van der Waals surface area contributed by atoms with E-state index in [1.807, 2.05) is 0 Å². The van der Waals surface area contributed by atoms with Gasteiger partial charge in [0.05, 0.1) is 6.61 Å². The molecule has 1 fully saturated rings. The lowest BCUT2D eigenvalue weighted by Crippen LogP contribution is -2.28. The van der Waals surface area contributed by atoms with Crippen LogP contribution >= 0.6 is 11.6 Å². The molecule has 0 unspecified atom stereocenters. The van der Waals surface area contributed by atoms with Crippen molar-refractivity contribution in [2.45, 2.75) is 26.2 Å². The van der Waals surface area contributed by atoms with Crippen molar-refractivity contribution in [2.75, 3.05) is 26.8 Å². The number of ether oxygens (including phenoxy) is 1. The van der Waals surface area contributed by atoms with E-state index >= 15 is 0 Å². The fraction of sp³-hybridized carbons (Fsp3) is 0.600. The van der Waals surface area contributed by atoms with Crippen LogP contribution in [0.15, 0.2) is 18.2 Å². The zero-order chi connectivity index (χ0) is 13.0. The van der Waals surface area contributed by atoms with Crippen LogP contribution in [0.3, 0.4) is 0 Å². The van der Waals surface area contributed by atoms with E-state index in [1.165, 1.54) is 24.0 Å². The fourth-order valence-electron chi connectivity index (χ4n) is 2.32. The molecule has 0 bridgehead atoms. The fourth-order valence-corrected chi connectivity index (χ4v) is 2.62. The summed E-state index contributed by atoms with van der Waals surface area (Å²) < 4.78 is 5.04. The topological polar surface area (TPSA) is 21.3 Å². The number of nitrogens with one attached hydrogen (secondary N) is 1. The van der Waals surface area contributed by atoms with Gasteiger partial charge in [-0.3, -0.25) is 0 Å². The van der Waals surface area contributed by atoms with Crippen molar-refractivity contribution >= 4 is 11.6 Å². The van der Waals surface area contributed by atoms with Gasteiger partial charge < -0.3 is 10.1 Å². The first kappa shape index (κ1) is 13.9. The van der Waals surface area contributed by atoms with E-state index in [0.29, 0.717) is 5.41 Å². The first-order chi connectivity index (χ1) is 8.65. The highest BCUT2D eigenvalue weighted by Crippen LogP contribution is 2.48. The Kier molecular flexibility index (Phi) is 4.66. The highest BCUT2D eigenvalue weighted by atomic mass is 35.5. The first-order valence-corrected chi connectivity index (χ1v) is 6.98. The average molecular weight is 268 g/mol. The van der Waals surface area contributed by atoms with Crippen molar-refractivity contribution in [3.05, 3.63) is 34.3 Å². The second-order valence-electron chi connectivity index (χ2n) is 5.44. The molecular weight excluding hydrogens is 246 g/mol. The quantitative estimate of drug-likeness (QED) is 0.766. The molecule has 0 spiro atoms. The maximum Gasteiger partial charge on any atom is 0.0587 e. The van der Waals surface area contributed by atoms with Gasteiger partial charge in [-0.25, -0.2) is 0 Å². The lowest BCUT2D eigenvalue weighted by atomic mass is 9.95. The Morgan fingerprint density at radius 2 is 2.17 bits per heavy atom. The van der Waals surface area contributed by atoms with Crippen LogP contribution in [0.25, 0.3) is 0 Å². The van der Waals surface area contributed by atoms with Gasteiger partial charge >= 0.3 is 0 Å². The van der Waals surface area contributed by atoms with Gasteiger partial charge in [-0.15, -0.1) is 0 Å². The molecule has 1 aliphatic carbocycles. The summed E-state index contributed by atoms with van der Waals surface area (Å²) in [6, 6.07) is 6.38. The molecule has 3 heteroatoms. The Balaban J connectivity index is 1.88. The molecule has 18 heavy (non-hydrogen) atoms. The summed E-state index contributed by atoms with van der Waals surface area (Å²) in [7, 11) is 1.74. The van der Waals surface area contributed by atoms with Crippen molar-refractivity contribution in [3.63, 3.8) is 0 Å². The molecule has 1 aliphatic rings. The van der Waals surface area contributed by atoms with Gasteiger partial charge in [0.1, 0.15) is 0 Å². The molecule has 0 saturated heterocycles. The summed E-state index contributed by atoms with van der Waals surface area (Å²) in [5.41, 5.74) is 2.95. The second-order valence-corrected chi connectivity index (χ2v) is 5.85. The van der Waals surface area contributed by atoms with Gasteiger partial charge in [0.25, 0.3) is 0 Å². The molecule has 1 aromatic carbocycles. The van der Waals surface area contributed by atoms with Crippen LogP contribution in [0.2, 0.25) is 5.02 Å². The largest absolute Gasteiger partial charge is 0.383 e. The van der Waals surface area contributed by atoms with Gasteiger partial charge in [0.15, 0.2) is 0 Å². The smallest absolute Gasteiger partial charge is 0.0587 e. The summed E-state index contributed by atoms with van der Waals surface area (Å²) in [6.07, 6.45) is 3.69. The van der Waals surface area contributed by atoms with E-state index in [9.17, 15) is 0 Å². The highest BCUT2D eigenvalue weighted by Gasteiger charge is 2.42. The predicted molar refractivity (Wildman–Crippen MR) is 76.3 cm³/mol. The number of hydrogen-bond donors (Lipinski definition) is 1. The molecule has 0 aromatic heterocycles. The van der Waals surface area contributed by atoms with E-state index < -0.39 is 0 Å². The van der Waals surface area contributed by atoms with E-state index in [-0.39, 0.29) is 0 Å². The monoisotopic (exact) mass is 267 g/mol. The third-order valence-electron chi connectivity index (χ3n) is 3.71. The highest BCUT2D eigenvalue weighted by molar-refractivity contribution is 6.31. The molecule has 2 nitrogen and oxygen atoms in total. The Morgan fingerprint density at radius 3 is 2.78 bits per heavy atom. The van der Waals surface area contributed by atoms with Crippen molar-refractivity contribution in [1.82, 2.24) is 5.32 Å². The normalized spacial score (nSPS) is 16.8. The van der Waals surface area contributed by atoms with Crippen LogP contribution in [0.1, 0.15) is 24.0 Å². The Morgan fingerprint density at radius 1 is 1.39 bits per heavy atom. The van der Waals surface area contributed by atoms with E-state index in [2.05, 4.69) is 30.4 Å². The standard InChI is InChI=1S/C15H22ClNO/c1-12-3-4-13(14(16)9-12)10-15(5-6-15)11-17-7-8-18-2/h3-4,9,17H,5-8,10-11H2,1-2H3. The maximum absolute atomic E-state index is 6.31. The van der Waals surface area contributed by atoms with Crippen LogP contribution in [0.4, 0.5) is 0 Å². The average Bonchev–Trinajstić information content (AvgIpc) is 3.09. The third kappa shape index (κ3) is 3.71. The summed E-state index contributed by atoms with van der Waals surface area (Å²) in [5.74, 6) is 0. The Labute approximate surface area is 115 Å². The minimum Gasteiger partial charge on any atom is -0.383 e. The van der Waals surface area contributed by atoms with E-state index in [1.54, 1.807) is 7.11 Å². The molecule has 1 saturated carbocycles. The third-order valence-corrected chi connectivity index (χ3v) is 4.07. The van der Waals surface area contributed by atoms with Crippen LogP contribution < -0.4 is 5.32 Å². The lowest BCUT2D eigenvalue weighted by molar-refractivity contribution is 0.197. The number of rotatable bonds is 7. The summed E-state index contributed by atoms with van der Waals surface area (Å²) in [5, 5.41) is 4.39. The van der Waals surface area contributed by atoms with Gasteiger partial charge in [-0.05, 0) is 48.8 Å². The van der Waals surface area contributed by atoms with E-state index in [0.717, 1.165) is 31.1 Å². The molecule has 0 heterocycles. The van der Waals surface area contributed by atoms with Gasteiger partial charge in [0.2, 0.25) is 0 Å². The van der Waals surface area contributed by atoms with Crippen molar-refractivity contribution in [1.29, 1.82) is 0 Å². The van der Waals surface area contributed by atoms with Gasteiger partial charge in [-0.1, -0.05) is 23.7 Å².